The maximum Gasteiger partial charge on any atom is 0.239 e. The fourth-order valence-corrected chi connectivity index (χ4v) is 2.80. The van der Waals surface area contributed by atoms with Crippen molar-refractivity contribution in [1.82, 2.24) is 25.4 Å². The number of pyridine rings is 1. The highest BCUT2D eigenvalue weighted by Crippen LogP contribution is 2.35. The fourth-order valence-electron chi connectivity index (χ4n) is 2.51. The molecular formula is C16H20ClN7O3. The van der Waals surface area contributed by atoms with Gasteiger partial charge < -0.3 is 23.4 Å². The molecule has 3 rings (SSSR count). The van der Waals surface area contributed by atoms with E-state index in [9.17, 15) is 0 Å². The number of hydrogen-bond acceptors (Lipinski definition) is 10. The van der Waals surface area contributed by atoms with Crippen LogP contribution in [0, 0.1) is 13.8 Å². The molecule has 27 heavy (non-hydrogen) atoms. The van der Waals surface area contributed by atoms with Crippen LogP contribution in [0.4, 0.5) is 11.5 Å². The average Bonchev–Trinajstić information content (AvgIpc) is 3.22. The molecule has 0 atom stereocenters. The van der Waals surface area contributed by atoms with Crippen molar-refractivity contribution in [2.24, 2.45) is 0 Å². The van der Waals surface area contributed by atoms with Gasteiger partial charge in [-0.3, -0.25) is 0 Å². The molecule has 144 valence electrons. The van der Waals surface area contributed by atoms with Crippen molar-refractivity contribution in [3.63, 3.8) is 0 Å². The Kier molecular flexibility index (Phi) is 5.45. The Hall–Kier alpha value is -2.88. The van der Waals surface area contributed by atoms with Gasteiger partial charge in [0.05, 0.1) is 25.2 Å². The number of anilines is 2. The molecule has 0 spiro atoms. The van der Waals surface area contributed by atoms with Crippen LogP contribution in [0.15, 0.2) is 14.9 Å². The summed E-state index contributed by atoms with van der Waals surface area (Å²) in [6, 6.07) is 1.78. The summed E-state index contributed by atoms with van der Waals surface area (Å²) in [6.45, 7) is 4.24. The second-order valence-electron chi connectivity index (χ2n) is 5.96. The number of rotatable bonds is 7. The van der Waals surface area contributed by atoms with E-state index < -0.39 is 0 Å². The van der Waals surface area contributed by atoms with Crippen LogP contribution in [-0.4, -0.2) is 46.6 Å². The molecule has 0 aliphatic carbocycles. The number of ether oxygens (including phenoxy) is 1. The molecule has 0 aliphatic heterocycles. The molecule has 0 bridgehead atoms. The minimum absolute atomic E-state index is 0.368. The van der Waals surface area contributed by atoms with Gasteiger partial charge in [0, 0.05) is 27.9 Å². The van der Waals surface area contributed by atoms with Gasteiger partial charge in [0.1, 0.15) is 5.69 Å². The summed E-state index contributed by atoms with van der Waals surface area (Å²) < 4.78 is 16.3. The van der Waals surface area contributed by atoms with Gasteiger partial charge in [-0.2, -0.15) is 4.98 Å². The monoisotopic (exact) mass is 393 g/mol. The molecule has 0 N–H and O–H groups in total. The summed E-state index contributed by atoms with van der Waals surface area (Å²) in [5.41, 5.74) is 0.698. The summed E-state index contributed by atoms with van der Waals surface area (Å²) in [6.07, 6.45) is 0. The lowest BCUT2D eigenvalue weighted by molar-refractivity contribution is 0.396. The molecule has 11 heteroatoms. The first-order valence-electron chi connectivity index (χ1n) is 8.12. The third-order valence-corrected chi connectivity index (χ3v) is 4.03. The maximum atomic E-state index is 6.47. The number of aryl methyl sites for hydroxylation is 2. The van der Waals surface area contributed by atoms with Crippen molar-refractivity contribution in [2.75, 3.05) is 31.0 Å². The Morgan fingerprint density at radius 3 is 2.00 bits per heavy atom. The first-order valence-corrected chi connectivity index (χ1v) is 8.50. The fraction of sp³-hybridized carbons (Fsp3) is 0.438. The Balaban J connectivity index is 1.83. The number of nitrogens with zero attached hydrogens (tertiary/aromatic N) is 7. The van der Waals surface area contributed by atoms with Gasteiger partial charge in [0.2, 0.25) is 29.4 Å². The lowest BCUT2D eigenvalue weighted by atomic mass is 10.3. The molecule has 0 amide bonds. The molecule has 0 unspecified atom stereocenters. The topological polar surface area (TPSA) is 106 Å². The molecule has 0 fully saturated rings. The molecular weight excluding hydrogens is 374 g/mol. The Morgan fingerprint density at radius 2 is 1.52 bits per heavy atom. The number of halogens is 1. The lowest BCUT2D eigenvalue weighted by Gasteiger charge is -2.23. The third kappa shape index (κ3) is 4.27. The van der Waals surface area contributed by atoms with Gasteiger partial charge in [-0.25, -0.2) is 0 Å². The minimum Gasteiger partial charge on any atom is -0.479 e. The molecule has 0 saturated heterocycles. The van der Waals surface area contributed by atoms with E-state index in [0.717, 1.165) is 0 Å². The minimum atomic E-state index is 0.368. The van der Waals surface area contributed by atoms with Crippen LogP contribution in [-0.2, 0) is 13.1 Å². The van der Waals surface area contributed by atoms with Crippen molar-refractivity contribution in [3.8, 4) is 5.88 Å². The Morgan fingerprint density at radius 1 is 0.963 bits per heavy atom. The average molecular weight is 394 g/mol. The summed E-state index contributed by atoms with van der Waals surface area (Å²) >= 11 is 6.47. The third-order valence-electron chi connectivity index (χ3n) is 3.75. The quantitative estimate of drug-likeness (QED) is 0.593. The van der Waals surface area contributed by atoms with Crippen molar-refractivity contribution >= 4 is 23.1 Å². The normalized spacial score (nSPS) is 10.9. The highest BCUT2D eigenvalue weighted by Gasteiger charge is 2.19. The molecule has 0 aromatic carbocycles. The van der Waals surface area contributed by atoms with E-state index in [-0.39, 0.29) is 0 Å². The van der Waals surface area contributed by atoms with Gasteiger partial charge >= 0.3 is 0 Å². The van der Waals surface area contributed by atoms with Crippen LogP contribution in [0.1, 0.15) is 23.6 Å². The molecule has 0 radical (unpaired) electrons. The summed E-state index contributed by atoms with van der Waals surface area (Å²) in [4.78, 5) is 8.21. The zero-order chi connectivity index (χ0) is 19.6. The van der Waals surface area contributed by atoms with E-state index in [1.165, 1.54) is 0 Å². The van der Waals surface area contributed by atoms with E-state index in [2.05, 4.69) is 25.4 Å². The van der Waals surface area contributed by atoms with E-state index >= 15 is 0 Å². The van der Waals surface area contributed by atoms with Gasteiger partial charge in [-0.1, -0.05) is 11.6 Å². The molecule has 3 aromatic rings. The molecule has 3 aromatic heterocycles. The molecule has 0 saturated carbocycles. The van der Waals surface area contributed by atoms with E-state index in [0.29, 0.717) is 59.1 Å². The Labute approximate surface area is 161 Å². The maximum absolute atomic E-state index is 6.47. The van der Waals surface area contributed by atoms with Crippen LogP contribution >= 0.6 is 11.6 Å². The molecule has 0 aliphatic rings. The highest BCUT2D eigenvalue weighted by atomic mass is 35.5. The lowest BCUT2D eigenvalue weighted by Crippen LogP contribution is -2.21. The second kappa shape index (κ2) is 7.78. The van der Waals surface area contributed by atoms with Crippen molar-refractivity contribution in [1.29, 1.82) is 0 Å². The second-order valence-corrected chi connectivity index (χ2v) is 6.37. The van der Waals surface area contributed by atoms with Gasteiger partial charge in [0.25, 0.3) is 0 Å². The summed E-state index contributed by atoms with van der Waals surface area (Å²) in [5, 5.41) is 16.1. The SMILES string of the molecule is COc1nc(N(C)Cc2nnc(C)o2)c(Cl)cc1N(C)Cc1nnc(C)o1. The molecule has 10 nitrogen and oxygen atoms in total. The van der Waals surface area contributed by atoms with Gasteiger partial charge in [0.15, 0.2) is 5.82 Å². The van der Waals surface area contributed by atoms with Crippen LogP contribution in [0.3, 0.4) is 0 Å². The van der Waals surface area contributed by atoms with Gasteiger partial charge in [-0.05, 0) is 6.07 Å². The van der Waals surface area contributed by atoms with Crippen LogP contribution in [0.25, 0.3) is 0 Å². The number of aromatic nitrogens is 5. The van der Waals surface area contributed by atoms with Crippen LogP contribution < -0.4 is 14.5 Å². The summed E-state index contributed by atoms with van der Waals surface area (Å²) in [5.74, 6) is 2.93. The predicted octanol–water partition coefficient (Wildman–Crippen LogP) is 2.40. The first kappa shape index (κ1) is 18.9. The zero-order valence-corrected chi connectivity index (χ0v) is 16.5. The van der Waals surface area contributed by atoms with Crippen molar-refractivity contribution < 1.29 is 13.6 Å². The number of methoxy groups -OCH3 is 1. The molecule has 3 heterocycles. The smallest absolute Gasteiger partial charge is 0.239 e. The standard InChI is InChI=1S/C16H20ClN7O3/c1-9-19-21-13(26-9)7-23(3)12-6-11(17)15(18-16(12)25-5)24(4)8-14-22-20-10(2)27-14/h6H,7-8H2,1-5H3. The number of hydrogen-bond donors (Lipinski definition) is 0. The van der Waals surface area contributed by atoms with Crippen LogP contribution in [0.5, 0.6) is 5.88 Å². The van der Waals surface area contributed by atoms with E-state index in [1.807, 2.05) is 23.9 Å². The Bertz CT molecular complexity index is 927. The highest BCUT2D eigenvalue weighted by molar-refractivity contribution is 6.33. The predicted molar refractivity (Wildman–Crippen MR) is 98.1 cm³/mol. The van der Waals surface area contributed by atoms with Crippen LogP contribution in [0.2, 0.25) is 5.02 Å². The van der Waals surface area contributed by atoms with Gasteiger partial charge in [-0.15, -0.1) is 20.4 Å². The summed E-state index contributed by atoms with van der Waals surface area (Å²) in [7, 11) is 5.24. The van der Waals surface area contributed by atoms with Crippen molar-refractivity contribution in [2.45, 2.75) is 26.9 Å². The van der Waals surface area contributed by atoms with Crippen molar-refractivity contribution in [3.05, 3.63) is 34.7 Å². The zero-order valence-electron chi connectivity index (χ0n) is 15.7. The van der Waals surface area contributed by atoms with E-state index in [4.69, 9.17) is 25.2 Å². The largest absolute Gasteiger partial charge is 0.479 e. The first-order chi connectivity index (χ1) is 12.9. The van der Waals surface area contributed by atoms with E-state index in [1.54, 1.807) is 27.0 Å².